The third kappa shape index (κ3) is 5.49. The van der Waals surface area contributed by atoms with Gasteiger partial charge in [0.05, 0.1) is 0 Å². The van der Waals surface area contributed by atoms with Crippen LogP contribution in [0.2, 0.25) is 0 Å². The molecule has 2 N–H and O–H groups in total. The molecule has 0 radical (unpaired) electrons. The third-order valence-electron chi connectivity index (χ3n) is 2.05. The first kappa shape index (κ1) is 12.9. The van der Waals surface area contributed by atoms with Gasteiger partial charge in [0, 0.05) is 18.2 Å². The molecule has 0 fully saturated rings. The summed E-state index contributed by atoms with van der Waals surface area (Å²) in [6, 6.07) is 0.336. The van der Waals surface area contributed by atoms with E-state index in [0.29, 0.717) is 6.04 Å². The van der Waals surface area contributed by atoms with Crippen LogP contribution in [-0.4, -0.2) is 21.2 Å². The summed E-state index contributed by atoms with van der Waals surface area (Å²) in [5.74, 6) is 2.10. The van der Waals surface area contributed by atoms with Crippen LogP contribution in [0.15, 0.2) is 4.34 Å². The van der Waals surface area contributed by atoms with Crippen molar-refractivity contribution >= 4 is 23.3 Å². The Balaban J connectivity index is 2.09. The van der Waals surface area contributed by atoms with Gasteiger partial charge in [-0.05, 0) is 31.3 Å². The fourth-order valence-electron chi connectivity index (χ4n) is 1.17. The average molecular weight is 245 g/mol. The number of nitrogens with zero attached hydrogens (tertiary/aromatic N) is 2. The molecule has 1 heterocycles. The Morgan fingerprint density at radius 2 is 2.27 bits per heavy atom. The molecule has 1 rings (SSSR count). The van der Waals surface area contributed by atoms with Crippen LogP contribution in [-0.2, 0) is 6.42 Å². The van der Waals surface area contributed by atoms with Gasteiger partial charge in [-0.3, -0.25) is 0 Å². The first-order valence-corrected chi connectivity index (χ1v) is 7.19. The minimum absolute atomic E-state index is 0.336. The third-order valence-corrected chi connectivity index (χ3v) is 4.00. The molecule has 1 aromatic heterocycles. The van der Waals surface area contributed by atoms with Crippen LogP contribution < -0.4 is 5.73 Å². The second kappa shape index (κ2) is 7.19. The lowest BCUT2D eigenvalue weighted by atomic mass is 10.2. The van der Waals surface area contributed by atoms with Crippen LogP contribution >= 0.6 is 23.3 Å². The monoisotopic (exact) mass is 245 g/mol. The molecular weight excluding hydrogens is 226 g/mol. The topological polar surface area (TPSA) is 51.8 Å². The molecule has 0 saturated heterocycles. The molecule has 86 valence electrons. The van der Waals surface area contributed by atoms with Crippen molar-refractivity contribution in [1.82, 2.24) is 9.36 Å². The van der Waals surface area contributed by atoms with Gasteiger partial charge in [0.25, 0.3) is 0 Å². The van der Waals surface area contributed by atoms with E-state index in [-0.39, 0.29) is 0 Å². The molecule has 0 aliphatic rings. The lowest BCUT2D eigenvalue weighted by Gasteiger charge is -2.02. The fraction of sp³-hybridized carbons (Fsp3) is 0.800. The summed E-state index contributed by atoms with van der Waals surface area (Å²) in [6.45, 7) is 4.14. The molecule has 1 unspecified atom stereocenters. The highest BCUT2D eigenvalue weighted by molar-refractivity contribution is 8.00. The summed E-state index contributed by atoms with van der Waals surface area (Å²) in [4.78, 5) is 4.41. The van der Waals surface area contributed by atoms with Gasteiger partial charge in [0.2, 0.25) is 0 Å². The summed E-state index contributed by atoms with van der Waals surface area (Å²) in [6.07, 6.45) is 4.48. The maximum atomic E-state index is 5.68. The zero-order valence-electron chi connectivity index (χ0n) is 9.40. The number of unbranched alkanes of at least 4 members (excludes halogenated alkanes) is 1. The minimum atomic E-state index is 0.336. The van der Waals surface area contributed by atoms with E-state index in [0.717, 1.165) is 28.8 Å². The number of aromatic nitrogens is 2. The first-order valence-electron chi connectivity index (χ1n) is 5.43. The van der Waals surface area contributed by atoms with Gasteiger partial charge in [-0.2, -0.15) is 4.37 Å². The van der Waals surface area contributed by atoms with Gasteiger partial charge in [-0.15, -0.1) is 0 Å². The van der Waals surface area contributed by atoms with E-state index in [9.17, 15) is 0 Å². The van der Waals surface area contributed by atoms with E-state index in [1.807, 2.05) is 11.8 Å². The van der Waals surface area contributed by atoms with Crippen molar-refractivity contribution in [2.24, 2.45) is 5.73 Å². The molecule has 1 atom stereocenters. The van der Waals surface area contributed by atoms with Crippen molar-refractivity contribution in [3.05, 3.63) is 5.82 Å². The van der Waals surface area contributed by atoms with E-state index < -0.39 is 0 Å². The van der Waals surface area contributed by atoms with Gasteiger partial charge < -0.3 is 5.73 Å². The van der Waals surface area contributed by atoms with Crippen LogP contribution in [0.4, 0.5) is 0 Å². The second-order valence-corrected chi connectivity index (χ2v) is 5.75. The zero-order chi connectivity index (χ0) is 11.1. The average Bonchev–Trinajstić information content (AvgIpc) is 2.65. The maximum absolute atomic E-state index is 5.68. The zero-order valence-corrected chi connectivity index (χ0v) is 11.0. The molecule has 0 amide bonds. The SMILES string of the molecule is CCc1nsc(SCCCCC(C)N)n1. The molecule has 0 aliphatic heterocycles. The summed E-state index contributed by atoms with van der Waals surface area (Å²) in [7, 11) is 0. The van der Waals surface area contributed by atoms with Crippen LogP contribution in [0.25, 0.3) is 0 Å². The van der Waals surface area contributed by atoms with Crippen molar-refractivity contribution in [3.63, 3.8) is 0 Å². The van der Waals surface area contributed by atoms with Gasteiger partial charge in [0.15, 0.2) is 4.34 Å². The Labute approximate surface area is 100 Å². The predicted octanol–water partition coefficient (Wildman–Crippen LogP) is 2.71. The van der Waals surface area contributed by atoms with E-state index in [1.165, 1.54) is 24.4 Å². The summed E-state index contributed by atoms with van der Waals surface area (Å²) in [5.41, 5.74) is 5.68. The number of hydrogen-bond donors (Lipinski definition) is 1. The van der Waals surface area contributed by atoms with Gasteiger partial charge in [-0.1, -0.05) is 25.1 Å². The molecule has 0 spiro atoms. The van der Waals surface area contributed by atoms with Crippen molar-refractivity contribution < 1.29 is 0 Å². The van der Waals surface area contributed by atoms with Crippen LogP contribution in [0.5, 0.6) is 0 Å². The quantitative estimate of drug-likeness (QED) is 0.593. The van der Waals surface area contributed by atoms with E-state index in [2.05, 4.69) is 23.2 Å². The Morgan fingerprint density at radius 1 is 1.47 bits per heavy atom. The molecule has 3 nitrogen and oxygen atoms in total. The summed E-state index contributed by atoms with van der Waals surface area (Å²) >= 11 is 3.33. The van der Waals surface area contributed by atoms with Gasteiger partial charge >= 0.3 is 0 Å². The van der Waals surface area contributed by atoms with E-state index in [1.54, 1.807) is 0 Å². The van der Waals surface area contributed by atoms with Gasteiger partial charge in [0.1, 0.15) is 5.82 Å². The highest BCUT2D eigenvalue weighted by Crippen LogP contribution is 2.21. The normalized spacial score (nSPS) is 13.0. The molecule has 15 heavy (non-hydrogen) atoms. The molecule has 0 aromatic carbocycles. The predicted molar refractivity (Wildman–Crippen MR) is 67.5 cm³/mol. The molecule has 0 aliphatic carbocycles. The summed E-state index contributed by atoms with van der Waals surface area (Å²) in [5, 5.41) is 0. The Hall–Kier alpha value is -0.130. The van der Waals surface area contributed by atoms with Crippen LogP contribution in [0.3, 0.4) is 0 Å². The highest BCUT2D eigenvalue weighted by Gasteiger charge is 2.02. The largest absolute Gasteiger partial charge is 0.328 e. The molecule has 5 heteroatoms. The van der Waals surface area contributed by atoms with Crippen molar-refractivity contribution in [1.29, 1.82) is 0 Å². The molecule has 1 aromatic rings. The Bertz CT molecular complexity index is 273. The number of thioether (sulfide) groups is 1. The number of rotatable bonds is 7. The second-order valence-electron chi connectivity index (χ2n) is 3.65. The standard InChI is InChI=1S/C10H19N3S2/c1-3-9-12-10(15-13-9)14-7-5-4-6-8(2)11/h8H,3-7,11H2,1-2H3. The van der Waals surface area contributed by atoms with E-state index in [4.69, 9.17) is 5.73 Å². The maximum Gasteiger partial charge on any atom is 0.170 e. The fourth-order valence-corrected chi connectivity index (χ4v) is 2.93. The van der Waals surface area contributed by atoms with Gasteiger partial charge in [-0.25, -0.2) is 4.98 Å². The first-order chi connectivity index (χ1) is 7.22. The molecular formula is C10H19N3S2. The van der Waals surface area contributed by atoms with E-state index >= 15 is 0 Å². The highest BCUT2D eigenvalue weighted by atomic mass is 32.2. The lowest BCUT2D eigenvalue weighted by Crippen LogP contribution is -2.13. The van der Waals surface area contributed by atoms with Crippen molar-refractivity contribution in [2.45, 2.75) is 49.9 Å². The smallest absolute Gasteiger partial charge is 0.170 e. The number of nitrogens with two attached hydrogens (primary N) is 1. The Morgan fingerprint density at radius 3 is 2.87 bits per heavy atom. The van der Waals surface area contributed by atoms with Crippen LogP contribution in [0.1, 0.15) is 38.9 Å². The van der Waals surface area contributed by atoms with Crippen molar-refractivity contribution in [2.75, 3.05) is 5.75 Å². The summed E-state index contributed by atoms with van der Waals surface area (Å²) < 4.78 is 5.36. The number of hydrogen-bond acceptors (Lipinski definition) is 5. The Kier molecular flexibility index (Phi) is 6.20. The minimum Gasteiger partial charge on any atom is -0.328 e. The lowest BCUT2D eigenvalue weighted by molar-refractivity contribution is 0.618. The molecule has 0 bridgehead atoms. The van der Waals surface area contributed by atoms with Crippen molar-refractivity contribution in [3.8, 4) is 0 Å². The number of aryl methyl sites for hydroxylation is 1. The van der Waals surface area contributed by atoms with Crippen LogP contribution in [0, 0.1) is 0 Å². The molecule has 0 saturated carbocycles.